The second-order valence-corrected chi connectivity index (χ2v) is 7.84. The van der Waals surface area contributed by atoms with Crippen LogP contribution in [0.1, 0.15) is 34.7 Å². The lowest BCUT2D eigenvalue weighted by molar-refractivity contribution is 0.217. The van der Waals surface area contributed by atoms with Crippen LogP contribution in [0.2, 0.25) is 5.02 Å². The Hall–Kier alpha value is -3.12. The lowest BCUT2D eigenvalue weighted by Crippen LogP contribution is -2.38. The molecule has 1 aliphatic heterocycles. The summed E-state index contributed by atoms with van der Waals surface area (Å²) in [5.41, 5.74) is 5.93. The first-order chi connectivity index (χ1) is 14.5. The van der Waals surface area contributed by atoms with Gasteiger partial charge in [-0.1, -0.05) is 23.7 Å². The molecule has 6 nitrogen and oxygen atoms in total. The molecule has 154 valence electrons. The molecule has 0 aliphatic carbocycles. The van der Waals surface area contributed by atoms with Crippen molar-refractivity contribution in [3.05, 3.63) is 82.3 Å². The van der Waals surface area contributed by atoms with Crippen molar-refractivity contribution in [1.82, 2.24) is 14.9 Å². The molecule has 0 saturated heterocycles. The summed E-state index contributed by atoms with van der Waals surface area (Å²) < 4.78 is 5.28. The minimum absolute atomic E-state index is 0.103. The van der Waals surface area contributed by atoms with Gasteiger partial charge < -0.3 is 14.6 Å². The number of benzene rings is 1. The van der Waals surface area contributed by atoms with Crippen LogP contribution in [0.5, 0.6) is 0 Å². The van der Waals surface area contributed by atoms with Gasteiger partial charge in [-0.3, -0.25) is 4.98 Å². The molecule has 1 aliphatic rings. The molecule has 3 heterocycles. The highest BCUT2D eigenvalue weighted by molar-refractivity contribution is 6.32. The van der Waals surface area contributed by atoms with E-state index in [0.717, 1.165) is 28.1 Å². The van der Waals surface area contributed by atoms with Gasteiger partial charge in [0, 0.05) is 25.0 Å². The number of aromatic nitrogens is 2. The van der Waals surface area contributed by atoms with E-state index in [1.807, 2.05) is 37.3 Å². The molecule has 3 aromatic rings. The van der Waals surface area contributed by atoms with Crippen LogP contribution in [0.25, 0.3) is 5.57 Å². The number of nitrogens with one attached hydrogen (secondary N) is 1. The van der Waals surface area contributed by atoms with Crippen LogP contribution in [0.15, 0.2) is 53.4 Å². The minimum Gasteiger partial charge on any atom is -0.449 e. The average molecular weight is 423 g/mol. The summed E-state index contributed by atoms with van der Waals surface area (Å²) in [5.74, 6) is 0.628. The number of oxazole rings is 1. The fraction of sp³-hybridized carbons (Fsp3) is 0.261. The molecule has 1 N–H and O–H groups in total. The zero-order valence-corrected chi connectivity index (χ0v) is 17.7. The summed E-state index contributed by atoms with van der Waals surface area (Å²) in [6.45, 7) is 5.21. The van der Waals surface area contributed by atoms with Crippen molar-refractivity contribution in [1.29, 1.82) is 0 Å². The van der Waals surface area contributed by atoms with E-state index in [-0.39, 0.29) is 6.03 Å². The van der Waals surface area contributed by atoms with Crippen molar-refractivity contribution in [2.45, 2.75) is 26.7 Å². The Balaban J connectivity index is 1.40. The van der Waals surface area contributed by atoms with Gasteiger partial charge in [0.1, 0.15) is 6.26 Å². The molecule has 0 radical (unpaired) electrons. The molecule has 4 rings (SSSR count). The van der Waals surface area contributed by atoms with Crippen molar-refractivity contribution in [2.24, 2.45) is 0 Å². The first-order valence-electron chi connectivity index (χ1n) is 9.85. The normalized spacial score (nSPS) is 13.8. The summed E-state index contributed by atoms with van der Waals surface area (Å²) in [4.78, 5) is 23.1. The van der Waals surface area contributed by atoms with E-state index >= 15 is 0 Å². The van der Waals surface area contributed by atoms with Crippen molar-refractivity contribution < 1.29 is 9.21 Å². The Morgan fingerprint density at radius 1 is 1.23 bits per heavy atom. The van der Waals surface area contributed by atoms with E-state index in [0.29, 0.717) is 36.8 Å². The Labute approximate surface area is 180 Å². The van der Waals surface area contributed by atoms with E-state index in [2.05, 4.69) is 22.2 Å². The third kappa shape index (κ3) is 4.54. The number of pyridine rings is 1. The van der Waals surface area contributed by atoms with Gasteiger partial charge in [-0.05, 0) is 60.7 Å². The molecule has 2 aromatic heterocycles. The molecule has 1 aromatic carbocycles. The monoisotopic (exact) mass is 422 g/mol. The molecule has 30 heavy (non-hydrogen) atoms. The minimum atomic E-state index is -0.103. The number of hydrogen-bond donors (Lipinski definition) is 1. The van der Waals surface area contributed by atoms with Crippen LogP contribution in [0, 0.1) is 13.8 Å². The third-order valence-electron chi connectivity index (χ3n) is 5.30. The number of aryl methyl sites for hydroxylation is 2. The number of carbonyl (C=O) groups is 1. The Morgan fingerprint density at radius 3 is 2.77 bits per heavy atom. The molecule has 2 amide bonds. The molecule has 0 saturated carbocycles. The molecule has 0 unspecified atom stereocenters. The average Bonchev–Trinajstić information content (AvgIpc) is 3.24. The van der Waals surface area contributed by atoms with Crippen molar-refractivity contribution in [2.75, 3.05) is 18.4 Å². The van der Waals surface area contributed by atoms with Crippen molar-refractivity contribution in [3.8, 4) is 0 Å². The highest BCUT2D eigenvalue weighted by Crippen LogP contribution is 2.28. The number of hydrogen-bond acceptors (Lipinski definition) is 4. The fourth-order valence-corrected chi connectivity index (χ4v) is 3.73. The maximum atomic E-state index is 12.6. The number of carbonyl (C=O) groups excluding carboxylic acids is 1. The fourth-order valence-electron chi connectivity index (χ4n) is 3.42. The SMILES string of the molecule is Cc1ccc(NC(=O)N2CC=C(c3ncc(Cc4ncco4)cc3Cl)CC2)cc1C. The van der Waals surface area contributed by atoms with E-state index < -0.39 is 0 Å². The maximum absolute atomic E-state index is 12.6. The topological polar surface area (TPSA) is 71.3 Å². The van der Waals surface area contributed by atoms with Gasteiger partial charge in [0.25, 0.3) is 0 Å². The smallest absolute Gasteiger partial charge is 0.322 e. The van der Waals surface area contributed by atoms with Gasteiger partial charge in [-0.15, -0.1) is 0 Å². The molecule has 7 heteroatoms. The second kappa shape index (κ2) is 8.71. The number of halogens is 1. The van der Waals surface area contributed by atoms with Crippen LogP contribution in [-0.2, 0) is 6.42 Å². The maximum Gasteiger partial charge on any atom is 0.322 e. The Kier molecular flexibility index (Phi) is 5.86. The van der Waals surface area contributed by atoms with Crippen molar-refractivity contribution in [3.63, 3.8) is 0 Å². The summed E-state index contributed by atoms with van der Waals surface area (Å²) in [7, 11) is 0. The number of anilines is 1. The van der Waals surface area contributed by atoms with Gasteiger partial charge in [0.15, 0.2) is 5.89 Å². The number of rotatable bonds is 4. The third-order valence-corrected chi connectivity index (χ3v) is 5.58. The molecular weight excluding hydrogens is 400 g/mol. The first kappa shape index (κ1) is 20.2. The lowest BCUT2D eigenvalue weighted by atomic mass is 10.0. The van der Waals surface area contributed by atoms with Crippen LogP contribution >= 0.6 is 11.6 Å². The molecule has 0 fully saturated rings. The number of amides is 2. The van der Waals surface area contributed by atoms with Gasteiger partial charge >= 0.3 is 6.03 Å². The van der Waals surface area contributed by atoms with Crippen LogP contribution in [0.3, 0.4) is 0 Å². The summed E-state index contributed by atoms with van der Waals surface area (Å²) in [6.07, 6.45) is 8.23. The number of urea groups is 1. The van der Waals surface area contributed by atoms with E-state index in [1.54, 1.807) is 23.6 Å². The first-order valence-corrected chi connectivity index (χ1v) is 10.2. The van der Waals surface area contributed by atoms with Gasteiger partial charge in [-0.25, -0.2) is 9.78 Å². The summed E-state index contributed by atoms with van der Waals surface area (Å²) in [5, 5.41) is 3.57. The Morgan fingerprint density at radius 2 is 2.10 bits per heavy atom. The standard InChI is InChI=1S/C23H23ClN4O2/c1-15-3-4-19(11-16(15)2)27-23(29)28-8-5-18(6-9-28)22-20(24)12-17(14-26-22)13-21-25-7-10-30-21/h3-5,7,10-12,14H,6,8-9,13H2,1-2H3,(H,27,29). The molecular formula is C23H23ClN4O2. The van der Waals surface area contributed by atoms with Gasteiger partial charge in [0.2, 0.25) is 0 Å². The van der Waals surface area contributed by atoms with E-state index in [9.17, 15) is 4.79 Å². The van der Waals surface area contributed by atoms with Crippen molar-refractivity contribution >= 4 is 28.9 Å². The molecule has 0 atom stereocenters. The Bertz CT molecular complexity index is 1090. The van der Waals surface area contributed by atoms with Crippen LogP contribution in [-0.4, -0.2) is 34.0 Å². The number of nitrogens with zero attached hydrogens (tertiary/aromatic N) is 3. The highest BCUT2D eigenvalue weighted by atomic mass is 35.5. The quantitative estimate of drug-likeness (QED) is 0.623. The van der Waals surface area contributed by atoms with Crippen LogP contribution in [0.4, 0.5) is 10.5 Å². The van der Waals surface area contributed by atoms with Crippen LogP contribution < -0.4 is 5.32 Å². The second-order valence-electron chi connectivity index (χ2n) is 7.43. The predicted molar refractivity (Wildman–Crippen MR) is 118 cm³/mol. The zero-order chi connectivity index (χ0) is 21.1. The highest BCUT2D eigenvalue weighted by Gasteiger charge is 2.20. The van der Waals surface area contributed by atoms with Gasteiger partial charge in [0.05, 0.1) is 23.3 Å². The lowest BCUT2D eigenvalue weighted by Gasteiger charge is -2.27. The zero-order valence-electron chi connectivity index (χ0n) is 17.0. The molecule has 0 bridgehead atoms. The van der Waals surface area contributed by atoms with E-state index in [1.165, 1.54) is 5.56 Å². The summed E-state index contributed by atoms with van der Waals surface area (Å²) >= 11 is 6.49. The molecule has 0 spiro atoms. The van der Waals surface area contributed by atoms with E-state index in [4.69, 9.17) is 16.0 Å². The summed E-state index contributed by atoms with van der Waals surface area (Å²) in [6, 6.07) is 7.72. The largest absolute Gasteiger partial charge is 0.449 e. The van der Waals surface area contributed by atoms with Gasteiger partial charge in [-0.2, -0.15) is 0 Å². The predicted octanol–water partition coefficient (Wildman–Crippen LogP) is 5.25.